The van der Waals surface area contributed by atoms with Crippen molar-refractivity contribution in [3.63, 3.8) is 0 Å². The third-order valence-electron chi connectivity index (χ3n) is 3.01. The molecule has 6 heteroatoms. The average molecular weight is 313 g/mol. The summed E-state index contributed by atoms with van der Waals surface area (Å²) in [7, 11) is 0. The summed E-state index contributed by atoms with van der Waals surface area (Å²) in [5.74, 6) is 0.946. The summed E-state index contributed by atoms with van der Waals surface area (Å²) in [6.45, 7) is 5.70. The highest BCUT2D eigenvalue weighted by atomic mass is 35.5. The summed E-state index contributed by atoms with van der Waals surface area (Å²) in [6, 6.07) is 5.91. The largest absolute Gasteiger partial charge is 0.310 e. The monoisotopic (exact) mass is 312 g/mol. The molecule has 4 nitrogen and oxygen atoms in total. The Bertz CT molecular complexity index is 566. The van der Waals surface area contributed by atoms with E-state index >= 15 is 0 Å². The van der Waals surface area contributed by atoms with E-state index in [0.717, 1.165) is 24.4 Å². The Morgan fingerprint density at radius 2 is 2.10 bits per heavy atom. The molecule has 0 amide bonds. The van der Waals surface area contributed by atoms with E-state index in [1.807, 2.05) is 16.8 Å². The Kier molecular flexibility index (Phi) is 5.40. The van der Waals surface area contributed by atoms with Crippen molar-refractivity contribution in [2.75, 3.05) is 6.54 Å². The summed E-state index contributed by atoms with van der Waals surface area (Å²) < 4.78 is 1.92. The smallest absolute Gasteiger partial charge is 0.141 e. The summed E-state index contributed by atoms with van der Waals surface area (Å²) in [5.41, 5.74) is 1.09. The first kappa shape index (κ1) is 15.3. The lowest BCUT2D eigenvalue weighted by molar-refractivity contribution is 0.490. The molecule has 0 aliphatic rings. The molecule has 0 unspecified atom stereocenters. The van der Waals surface area contributed by atoms with Gasteiger partial charge in [-0.3, -0.25) is 0 Å². The fourth-order valence-corrected chi connectivity index (χ4v) is 2.48. The van der Waals surface area contributed by atoms with Crippen LogP contribution in [0.15, 0.2) is 24.5 Å². The number of rotatable bonds is 6. The molecule has 0 aliphatic heterocycles. The van der Waals surface area contributed by atoms with Crippen LogP contribution in [0.3, 0.4) is 0 Å². The molecule has 20 heavy (non-hydrogen) atoms. The fraction of sp³-hybridized carbons (Fsp3) is 0.429. The van der Waals surface area contributed by atoms with Crippen LogP contribution in [0.1, 0.15) is 31.3 Å². The standard InChI is InChI=1S/C14H18Cl2N4/c1-10(2)20-14(18-9-19-20)8-17-6-5-11-3-4-12(15)7-13(11)16/h3-4,7,9-10,17H,5-6,8H2,1-2H3. The SMILES string of the molecule is CC(C)n1ncnc1CNCCc1ccc(Cl)cc1Cl. The first-order valence-electron chi connectivity index (χ1n) is 6.61. The molecule has 0 saturated carbocycles. The molecule has 0 spiro atoms. The third-order valence-corrected chi connectivity index (χ3v) is 3.59. The maximum atomic E-state index is 6.14. The summed E-state index contributed by atoms with van der Waals surface area (Å²) in [5, 5.41) is 8.94. The number of hydrogen-bond donors (Lipinski definition) is 1. The molecule has 0 atom stereocenters. The molecule has 0 aliphatic carbocycles. The van der Waals surface area contributed by atoms with Gasteiger partial charge >= 0.3 is 0 Å². The minimum absolute atomic E-state index is 0.319. The van der Waals surface area contributed by atoms with Crippen molar-refractivity contribution in [1.82, 2.24) is 20.1 Å². The van der Waals surface area contributed by atoms with Gasteiger partial charge < -0.3 is 5.32 Å². The van der Waals surface area contributed by atoms with Crippen molar-refractivity contribution in [3.05, 3.63) is 46.0 Å². The number of nitrogens with zero attached hydrogens (tertiary/aromatic N) is 3. The number of nitrogens with one attached hydrogen (secondary N) is 1. The number of aromatic nitrogens is 3. The molecule has 1 heterocycles. The van der Waals surface area contributed by atoms with Crippen LogP contribution in [-0.4, -0.2) is 21.3 Å². The van der Waals surface area contributed by atoms with Gasteiger partial charge in [0.1, 0.15) is 12.2 Å². The van der Waals surface area contributed by atoms with Crippen LogP contribution in [0.25, 0.3) is 0 Å². The Balaban J connectivity index is 1.83. The maximum Gasteiger partial charge on any atom is 0.141 e. The van der Waals surface area contributed by atoms with Gasteiger partial charge in [0.15, 0.2) is 0 Å². The molecule has 1 aromatic carbocycles. The second-order valence-electron chi connectivity index (χ2n) is 4.88. The van der Waals surface area contributed by atoms with E-state index in [-0.39, 0.29) is 0 Å². The highest BCUT2D eigenvalue weighted by molar-refractivity contribution is 6.35. The fourth-order valence-electron chi connectivity index (χ4n) is 1.98. The molecule has 0 saturated heterocycles. The average Bonchev–Trinajstić information content (AvgIpc) is 2.85. The minimum atomic E-state index is 0.319. The lowest BCUT2D eigenvalue weighted by Gasteiger charge is -2.10. The Hall–Kier alpha value is -1.10. The molecular formula is C14H18Cl2N4. The van der Waals surface area contributed by atoms with Crippen molar-refractivity contribution in [1.29, 1.82) is 0 Å². The predicted octanol–water partition coefficient (Wildman–Crippen LogP) is 3.50. The van der Waals surface area contributed by atoms with Gasteiger partial charge in [-0.1, -0.05) is 29.3 Å². The van der Waals surface area contributed by atoms with Crippen molar-refractivity contribution in [3.8, 4) is 0 Å². The number of hydrogen-bond acceptors (Lipinski definition) is 3. The van der Waals surface area contributed by atoms with Gasteiger partial charge in [0.2, 0.25) is 0 Å². The molecule has 1 aromatic heterocycles. The summed E-state index contributed by atoms with van der Waals surface area (Å²) in [6.07, 6.45) is 2.44. The van der Waals surface area contributed by atoms with Crippen molar-refractivity contribution < 1.29 is 0 Å². The molecule has 2 aromatic rings. The number of benzene rings is 1. The van der Waals surface area contributed by atoms with Crippen LogP contribution in [0.5, 0.6) is 0 Å². The van der Waals surface area contributed by atoms with Crippen molar-refractivity contribution in [2.24, 2.45) is 0 Å². The third kappa shape index (κ3) is 3.95. The van der Waals surface area contributed by atoms with Crippen LogP contribution in [0, 0.1) is 0 Å². The quantitative estimate of drug-likeness (QED) is 0.830. The van der Waals surface area contributed by atoms with Crippen LogP contribution in [0.2, 0.25) is 10.0 Å². The Labute approximate surface area is 129 Å². The van der Waals surface area contributed by atoms with Gasteiger partial charge in [0.25, 0.3) is 0 Å². The highest BCUT2D eigenvalue weighted by Gasteiger charge is 2.07. The van der Waals surface area contributed by atoms with Gasteiger partial charge in [-0.05, 0) is 44.5 Å². The van der Waals surface area contributed by atoms with Crippen LogP contribution >= 0.6 is 23.2 Å². The van der Waals surface area contributed by atoms with E-state index < -0.39 is 0 Å². The van der Waals surface area contributed by atoms with E-state index in [0.29, 0.717) is 22.6 Å². The van der Waals surface area contributed by atoms with Crippen LogP contribution < -0.4 is 5.32 Å². The van der Waals surface area contributed by atoms with Crippen LogP contribution in [-0.2, 0) is 13.0 Å². The second kappa shape index (κ2) is 7.07. The summed E-state index contributed by atoms with van der Waals surface area (Å²) >= 11 is 12.0. The van der Waals surface area contributed by atoms with E-state index in [2.05, 4.69) is 29.2 Å². The Morgan fingerprint density at radius 3 is 2.80 bits per heavy atom. The zero-order valence-corrected chi connectivity index (χ0v) is 13.1. The molecule has 108 valence electrons. The molecular weight excluding hydrogens is 295 g/mol. The Morgan fingerprint density at radius 1 is 1.30 bits per heavy atom. The lowest BCUT2D eigenvalue weighted by Crippen LogP contribution is -2.20. The summed E-state index contributed by atoms with van der Waals surface area (Å²) in [4.78, 5) is 4.26. The molecule has 2 rings (SSSR count). The topological polar surface area (TPSA) is 42.7 Å². The number of halogens is 2. The first-order valence-corrected chi connectivity index (χ1v) is 7.36. The predicted molar refractivity (Wildman–Crippen MR) is 82.3 cm³/mol. The zero-order valence-electron chi connectivity index (χ0n) is 11.6. The normalized spacial score (nSPS) is 11.2. The van der Waals surface area contributed by atoms with Gasteiger partial charge in [0, 0.05) is 16.1 Å². The second-order valence-corrected chi connectivity index (χ2v) is 5.72. The van der Waals surface area contributed by atoms with Crippen LogP contribution in [0.4, 0.5) is 0 Å². The maximum absolute atomic E-state index is 6.14. The van der Waals surface area contributed by atoms with Gasteiger partial charge in [0.05, 0.1) is 6.54 Å². The van der Waals surface area contributed by atoms with E-state index in [4.69, 9.17) is 23.2 Å². The van der Waals surface area contributed by atoms with E-state index in [9.17, 15) is 0 Å². The molecule has 1 N–H and O–H groups in total. The zero-order chi connectivity index (χ0) is 14.5. The van der Waals surface area contributed by atoms with E-state index in [1.54, 1.807) is 12.4 Å². The highest BCUT2D eigenvalue weighted by Crippen LogP contribution is 2.21. The minimum Gasteiger partial charge on any atom is -0.310 e. The van der Waals surface area contributed by atoms with Gasteiger partial charge in [-0.15, -0.1) is 0 Å². The van der Waals surface area contributed by atoms with Gasteiger partial charge in [-0.25, -0.2) is 9.67 Å². The molecule has 0 bridgehead atoms. The van der Waals surface area contributed by atoms with Gasteiger partial charge in [-0.2, -0.15) is 5.10 Å². The molecule has 0 radical (unpaired) electrons. The lowest BCUT2D eigenvalue weighted by atomic mass is 10.1. The molecule has 0 fully saturated rings. The van der Waals surface area contributed by atoms with Crippen molar-refractivity contribution in [2.45, 2.75) is 32.9 Å². The first-order chi connectivity index (χ1) is 9.58. The van der Waals surface area contributed by atoms with Crippen molar-refractivity contribution >= 4 is 23.2 Å². The van der Waals surface area contributed by atoms with E-state index in [1.165, 1.54) is 0 Å².